The van der Waals surface area contributed by atoms with E-state index < -0.39 is 17.2 Å². The normalized spacial score (nSPS) is 31.2. The molecule has 0 unspecified atom stereocenters. The highest BCUT2D eigenvalue weighted by Gasteiger charge is 2.46. The van der Waals surface area contributed by atoms with Gasteiger partial charge in [-0.15, -0.1) is 6.42 Å². The summed E-state index contributed by atoms with van der Waals surface area (Å²) < 4.78 is 1.40. The molecule has 1 saturated carbocycles. The van der Waals surface area contributed by atoms with Gasteiger partial charge in [-0.05, 0) is 18.9 Å². The molecule has 2 rings (SSSR count). The molecule has 0 spiro atoms. The maximum Gasteiger partial charge on any atom is 0.349 e. The zero-order valence-electron chi connectivity index (χ0n) is 9.78. The van der Waals surface area contributed by atoms with Gasteiger partial charge >= 0.3 is 5.69 Å². The minimum atomic E-state index is -0.981. The van der Waals surface area contributed by atoms with Crippen molar-refractivity contribution >= 4 is 5.82 Å². The van der Waals surface area contributed by atoms with E-state index in [4.69, 9.17) is 12.2 Å². The first-order valence-corrected chi connectivity index (χ1v) is 5.64. The van der Waals surface area contributed by atoms with E-state index in [9.17, 15) is 15.0 Å². The smallest absolute Gasteiger partial charge is 0.349 e. The van der Waals surface area contributed by atoms with Crippen molar-refractivity contribution in [2.45, 2.75) is 25.0 Å². The number of aromatic nitrogens is 2. The Morgan fingerprint density at radius 1 is 1.72 bits per heavy atom. The standard InChI is InChI=1S/C12H15N3O3/c1-2-12(7-16)6-8(5-9(12)17)15-4-3-10(13)14-11(15)18/h1,3-4,8-9,16-17H,5-7H2,(H2,13,14,18)/t8-,9-,12+/m1/s1. The number of aliphatic hydroxyl groups is 2. The summed E-state index contributed by atoms with van der Waals surface area (Å²) in [5.74, 6) is 2.60. The summed E-state index contributed by atoms with van der Waals surface area (Å²) in [4.78, 5) is 15.3. The molecule has 0 amide bonds. The maximum atomic E-state index is 11.7. The largest absolute Gasteiger partial charge is 0.395 e. The molecule has 0 saturated heterocycles. The molecule has 1 heterocycles. The van der Waals surface area contributed by atoms with Crippen LogP contribution in [0.1, 0.15) is 18.9 Å². The van der Waals surface area contributed by atoms with E-state index in [-0.39, 0.29) is 18.5 Å². The summed E-state index contributed by atoms with van der Waals surface area (Å²) in [6.45, 7) is -0.307. The van der Waals surface area contributed by atoms with Crippen molar-refractivity contribution in [3.63, 3.8) is 0 Å². The van der Waals surface area contributed by atoms with Crippen LogP contribution >= 0.6 is 0 Å². The monoisotopic (exact) mass is 249 g/mol. The lowest BCUT2D eigenvalue weighted by molar-refractivity contribution is 0.0475. The first-order valence-electron chi connectivity index (χ1n) is 5.64. The first-order chi connectivity index (χ1) is 8.52. The number of nitrogen functional groups attached to an aromatic ring is 1. The Kier molecular flexibility index (Phi) is 3.11. The van der Waals surface area contributed by atoms with Gasteiger partial charge in [0.1, 0.15) is 5.82 Å². The van der Waals surface area contributed by atoms with Gasteiger partial charge < -0.3 is 15.9 Å². The zero-order valence-corrected chi connectivity index (χ0v) is 9.78. The van der Waals surface area contributed by atoms with Crippen LogP contribution in [0, 0.1) is 17.8 Å². The van der Waals surface area contributed by atoms with Gasteiger partial charge in [0.05, 0.1) is 18.1 Å². The summed E-state index contributed by atoms with van der Waals surface area (Å²) in [7, 11) is 0. The van der Waals surface area contributed by atoms with Crippen molar-refractivity contribution in [2.75, 3.05) is 12.3 Å². The molecule has 1 aromatic heterocycles. The summed E-state index contributed by atoms with van der Waals surface area (Å²) in [6, 6.07) is 1.24. The molecule has 1 fully saturated rings. The average molecular weight is 249 g/mol. The Morgan fingerprint density at radius 2 is 2.44 bits per heavy atom. The molecule has 3 atom stereocenters. The molecule has 1 aliphatic rings. The maximum absolute atomic E-state index is 11.7. The summed E-state index contributed by atoms with van der Waals surface area (Å²) in [5.41, 5.74) is 3.96. The van der Waals surface area contributed by atoms with E-state index in [1.54, 1.807) is 0 Å². The van der Waals surface area contributed by atoms with Crippen molar-refractivity contribution < 1.29 is 10.2 Å². The Hall–Kier alpha value is -1.84. The second-order valence-corrected chi connectivity index (χ2v) is 4.61. The first kappa shape index (κ1) is 12.6. The van der Waals surface area contributed by atoms with Gasteiger partial charge in [0, 0.05) is 12.2 Å². The highest BCUT2D eigenvalue weighted by atomic mass is 16.3. The lowest BCUT2D eigenvalue weighted by Crippen LogP contribution is -2.32. The second-order valence-electron chi connectivity index (χ2n) is 4.61. The number of terminal acetylenes is 1. The highest BCUT2D eigenvalue weighted by molar-refractivity contribution is 5.24. The number of hydrogen-bond donors (Lipinski definition) is 3. The van der Waals surface area contributed by atoms with Crippen LogP contribution in [0.5, 0.6) is 0 Å². The van der Waals surface area contributed by atoms with Crippen LogP contribution in [0.4, 0.5) is 5.82 Å². The molecule has 1 aliphatic carbocycles. The Morgan fingerprint density at radius 3 is 2.94 bits per heavy atom. The number of aliphatic hydroxyl groups excluding tert-OH is 2. The zero-order chi connectivity index (χ0) is 13.3. The molecule has 0 aromatic carbocycles. The van der Waals surface area contributed by atoms with Crippen molar-refractivity contribution in [3.8, 4) is 12.3 Å². The van der Waals surface area contributed by atoms with Crippen LogP contribution < -0.4 is 11.4 Å². The van der Waals surface area contributed by atoms with Crippen molar-refractivity contribution in [3.05, 3.63) is 22.7 Å². The topological polar surface area (TPSA) is 101 Å². The number of nitrogens with zero attached hydrogens (tertiary/aromatic N) is 2. The molecular formula is C12H15N3O3. The van der Waals surface area contributed by atoms with Crippen LogP contribution in [0.3, 0.4) is 0 Å². The molecule has 6 nitrogen and oxygen atoms in total. The number of nitrogens with two attached hydrogens (primary N) is 1. The van der Waals surface area contributed by atoms with E-state index in [1.807, 2.05) is 0 Å². The van der Waals surface area contributed by atoms with Crippen molar-refractivity contribution in [1.29, 1.82) is 0 Å². The fourth-order valence-electron chi connectivity index (χ4n) is 2.41. The minimum Gasteiger partial charge on any atom is -0.395 e. The van der Waals surface area contributed by atoms with Gasteiger partial charge in [-0.25, -0.2) is 4.79 Å². The van der Waals surface area contributed by atoms with E-state index in [0.717, 1.165) is 0 Å². The fraction of sp³-hybridized carbons (Fsp3) is 0.500. The van der Waals surface area contributed by atoms with E-state index in [1.165, 1.54) is 16.8 Å². The third kappa shape index (κ3) is 1.88. The second kappa shape index (κ2) is 4.44. The summed E-state index contributed by atoms with van der Waals surface area (Å²) in [6.07, 6.45) is 6.74. The lowest BCUT2D eigenvalue weighted by Gasteiger charge is -2.23. The predicted molar refractivity (Wildman–Crippen MR) is 65.5 cm³/mol. The molecular weight excluding hydrogens is 234 g/mol. The van der Waals surface area contributed by atoms with Crippen LogP contribution in [0.2, 0.25) is 0 Å². The lowest BCUT2D eigenvalue weighted by atomic mass is 9.86. The molecule has 0 aliphatic heterocycles. The van der Waals surface area contributed by atoms with Crippen molar-refractivity contribution in [2.24, 2.45) is 5.41 Å². The summed E-state index contributed by atoms with van der Waals surface area (Å²) in [5, 5.41) is 19.3. The molecule has 1 aromatic rings. The van der Waals surface area contributed by atoms with Crippen LogP contribution in [0.15, 0.2) is 17.1 Å². The van der Waals surface area contributed by atoms with E-state index >= 15 is 0 Å². The summed E-state index contributed by atoms with van der Waals surface area (Å²) >= 11 is 0. The van der Waals surface area contributed by atoms with Crippen LogP contribution in [-0.2, 0) is 0 Å². The molecule has 4 N–H and O–H groups in total. The average Bonchev–Trinajstić information content (AvgIpc) is 2.67. The highest BCUT2D eigenvalue weighted by Crippen LogP contribution is 2.43. The molecule has 96 valence electrons. The molecule has 0 radical (unpaired) electrons. The van der Waals surface area contributed by atoms with Gasteiger partial charge in [0.2, 0.25) is 0 Å². The minimum absolute atomic E-state index is 0.153. The quantitative estimate of drug-likeness (QED) is 0.592. The third-order valence-corrected chi connectivity index (χ3v) is 3.55. The Bertz CT molecular complexity index is 548. The van der Waals surface area contributed by atoms with Crippen LogP contribution in [-0.4, -0.2) is 32.5 Å². The Labute approximate surface area is 104 Å². The van der Waals surface area contributed by atoms with E-state index in [0.29, 0.717) is 12.8 Å². The van der Waals surface area contributed by atoms with Gasteiger partial charge in [-0.3, -0.25) is 4.57 Å². The van der Waals surface area contributed by atoms with Crippen molar-refractivity contribution in [1.82, 2.24) is 9.55 Å². The van der Waals surface area contributed by atoms with Crippen LogP contribution in [0.25, 0.3) is 0 Å². The molecule has 6 heteroatoms. The van der Waals surface area contributed by atoms with Gasteiger partial charge in [-0.2, -0.15) is 4.98 Å². The fourth-order valence-corrected chi connectivity index (χ4v) is 2.41. The number of rotatable bonds is 2. The molecule has 18 heavy (non-hydrogen) atoms. The number of anilines is 1. The van der Waals surface area contributed by atoms with Gasteiger partial charge in [0.15, 0.2) is 0 Å². The van der Waals surface area contributed by atoms with Gasteiger partial charge in [-0.1, -0.05) is 5.92 Å². The third-order valence-electron chi connectivity index (χ3n) is 3.55. The Balaban J connectivity index is 2.33. The van der Waals surface area contributed by atoms with Gasteiger partial charge in [0.25, 0.3) is 0 Å². The molecule has 0 bridgehead atoms. The predicted octanol–water partition coefficient (Wildman–Crippen LogP) is -0.867. The SMILES string of the molecule is C#C[C@@]1(CO)C[C@H](n2ccc(N)nc2=O)C[C@H]1O. The van der Waals surface area contributed by atoms with E-state index in [2.05, 4.69) is 10.9 Å². The number of hydrogen-bond acceptors (Lipinski definition) is 5.